The number of hydrogen-bond donors (Lipinski definition) is 2. The molecular formula is C13H22N6. The number of nitrogens with two attached hydrogens (primary N) is 1. The van der Waals surface area contributed by atoms with Gasteiger partial charge in [0.1, 0.15) is 12.4 Å². The summed E-state index contributed by atoms with van der Waals surface area (Å²) in [5, 5.41) is 11.6. The molecule has 0 amide bonds. The highest BCUT2D eigenvalue weighted by atomic mass is 15.3. The molecule has 2 aliphatic rings. The molecular weight excluding hydrogens is 240 g/mol. The van der Waals surface area contributed by atoms with Gasteiger partial charge in [-0.3, -0.25) is 0 Å². The Kier molecular flexibility index (Phi) is 3.66. The molecule has 1 aliphatic heterocycles. The zero-order valence-corrected chi connectivity index (χ0v) is 11.3. The lowest BCUT2D eigenvalue weighted by atomic mass is 9.85. The van der Waals surface area contributed by atoms with Crippen molar-refractivity contribution >= 4 is 5.96 Å². The summed E-state index contributed by atoms with van der Waals surface area (Å²) in [5.41, 5.74) is 5.87. The number of fused-ring (bicyclic) bond motifs is 1. The third-order valence-corrected chi connectivity index (χ3v) is 4.12. The van der Waals surface area contributed by atoms with E-state index in [0.717, 1.165) is 37.1 Å². The maximum atomic E-state index is 5.87. The summed E-state index contributed by atoms with van der Waals surface area (Å²) in [6, 6.07) is 0. The lowest BCUT2D eigenvalue weighted by Crippen LogP contribution is -2.37. The third-order valence-electron chi connectivity index (χ3n) is 4.12. The molecule has 0 radical (unpaired) electrons. The van der Waals surface area contributed by atoms with Crippen molar-refractivity contribution in [3.63, 3.8) is 0 Å². The average molecular weight is 262 g/mol. The molecule has 2 heterocycles. The topological polar surface area (TPSA) is 81.1 Å². The van der Waals surface area contributed by atoms with Crippen LogP contribution in [0, 0.1) is 5.92 Å². The van der Waals surface area contributed by atoms with Gasteiger partial charge >= 0.3 is 0 Å². The van der Waals surface area contributed by atoms with Gasteiger partial charge in [-0.25, -0.2) is 4.99 Å². The van der Waals surface area contributed by atoms with E-state index in [1.807, 2.05) is 0 Å². The molecule has 6 nitrogen and oxygen atoms in total. The molecule has 1 aromatic heterocycles. The second-order valence-electron chi connectivity index (χ2n) is 5.52. The SMILES string of the molecule is NC(=NCc1nnc2n1CCCC2)NCC1CCC1. The number of nitrogens with zero attached hydrogens (tertiary/aromatic N) is 4. The van der Waals surface area contributed by atoms with Crippen molar-refractivity contribution in [3.05, 3.63) is 11.6 Å². The van der Waals surface area contributed by atoms with Crippen LogP contribution in [0.5, 0.6) is 0 Å². The number of aryl methyl sites for hydroxylation is 1. The first-order chi connectivity index (χ1) is 9.33. The van der Waals surface area contributed by atoms with Crippen molar-refractivity contribution in [1.29, 1.82) is 0 Å². The number of rotatable bonds is 4. The number of hydrogen-bond acceptors (Lipinski definition) is 3. The van der Waals surface area contributed by atoms with Crippen LogP contribution in [0.3, 0.4) is 0 Å². The first kappa shape index (κ1) is 12.4. The Morgan fingerprint density at radius 3 is 3.00 bits per heavy atom. The van der Waals surface area contributed by atoms with E-state index < -0.39 is 0 Å². The van der Waals surface area contributed by atoms with E-state index in [1.165, 1.54) is 32.1 Å². The molecule has 6 heteroatoms. The summed E-state index contributed by atoms with van der Waals surface area (Å²) >= 11 is 0. The maximum absolute atomic E-state index is 5.87. The van der Waals surface area contributed by atoms with Crippen molar-refractivity contribution in [2.24, 2.45) is 16.6 Å². The highest BCUT2D eigenvalue weighted by molar-refractivity contribution is 5.77. The largest absolute Gasteiger partial charge is 0.370 e. The summed E-state index contributed by atoms with van der Waals surface area (Å²) in [5.74, 6) is 3.34. The van der Waals surface area contributed by atoms with Crippen LogP contribution in [0.2, 0.25) is 0 Å². The molecule has 104 valence electrons. The lowest BCUT2D eigenvalue weighted by Gasteiger charge is -2.25. The molecule has 3 N–H and O–H groups in total. The molecule has 19 heavy (non-hydrogen) atoms. The van der Waals surface area contributed by atoms with E-state index in [4.69, 9.17) is 5.73 Å². The fraction of sp³-hybridized carbons (Fsp3) is 0.769. The van der Waals surface area contributed by atoms with E-state index in [-0.39, 0.29) is 0 Å². The highest BCUT2D eigenvalue weighted by Gasteiger charge is 2.17. The van der Waals surface area contributed by atoms with Crippen molar-refractivity contribution in [1.82, 2.24) is 20.1 Å². The van der Waals surface area contributed by atoms with Gasteiger partial charge in [0.25, 0.3) is 0 Å². The molecule has 1 aliphatic carbocycles. The summed E-state index contributed by atoms with van der Waals surface area (Å²) in [4.78, 5) is 4.37. The fourth-order valence-corrected chi connectivity index (χ4v) is 2.64. The number of nitrogens with one attached hydrogen (secondary N) is 1. The predicted octanol–water partition coefficient (Wildman–Crippen LogP) is 0.819. The van der Waals surface area contributed by atoms with Gasteiger partial charge < -0.3 is 15.6 Å². The highest BCUT2D eigenvalue weighted by Crippen LogP contribution is 2.25. The van der Waals surface area contributed by atoms with Gasteiger partial charge in [0.15, 0.2) is 11.8 Å². The molecule has 0 bridgehead atoms. The average Bonchev–Trinajstić information content (AvgIpc) is 2.78. The minimum atomic E-state index is 0.524. The van der Waals surface area contributed by atoms with Crippen molar-refractivity contribution in [2.75, 3.05) is 6.54 Å². The summed E-state index contributed by atoms with van der Waals surface area (Å²) in [7, 11) is 0. The van der Waals surface area contributed by atoms with Gasteiger partial charge in [0.2, 0.25) is 0 Å². The first-order valence-corrected chi connectivity index (χ1v) is 7.27. The Morgan fingerprint density at radius 1 is 1.32 bits per heavy atom. The minimum Gasteiger partial charge on any atom is -0.370 e. The number of aromatic nitrogens is 3. The lowest BCUT2D eigenvalue weighted by molar-refractivity contribution is 0.315. The monoisotopic (exact) mass is 262 g/mol. The molecule has 1 saturated carbocycles. The molecule has 0 saturated heterocycles. The minimum absolute atomic E-state index is 0.524. The van der Waals surface area contributed by atoms with Crippen molar-refractivity contribution in [2.45, 2.75) is 51.6 Å². The smallest absolute Gasteiger partial charge is 0.189 e. The normalized spacial score (nSPS) is 19.9. The van der Waals surface area contributed by atoms with E-state index in [9.17, 15) is 0 Å². The molecule has 0 atom stereocenters. The van der Waals surface area contributed by atoms with Gasteiger partial charge in [0.05, 0.1) is 0 Å². The Labute approximate surface area is 113 Å². The van der Waals surface area contributed by atoms with Gasteiger partial charge in [-0.1, -0.05) is 6.42 Å². The van der Waals surface area contributed by atoms with Crippen molar-refractivity contribution in [3.8, 4) is 0 Å². The van der Waals surface area contributed by atoms with E-state index >= 15 is 0 Å². The van der Waals surface area contributed by atoms with Gasteiger partial charge in [-0.05, 0) is 31.6 Å². The Balaban J connectivity index is 1.53. The number of guanidine groups is 1. The van der Waals surface area contributed by atoms with Crippen LogP contribution >= 0.6 is 0 Å². The second kappa shape index (κ2) is 5.59. The van der Waals surface area contributed by atoms with Gasteiger partial charge in [-0.15, -0.1) is 10.2 Å². The predicted molar refractivity (Wildman–Crippen MR) is 73.6 cm³/mol. The van der Waals surface area contributed by atoms with E-state index in [2.05, 4.69) is 25.1 Å². The summed E-state index contributed by atoms with van der Waals surface area (Å²) in [6.45, 7) is 2.49. The van der Waals surface area contributed by atoms with Crippen LogP contribution in [0.4, 0.5) is 0 Å². The zero-order chi connectivity index (χ0) is 13.1. The van der Waals surface area contributed by atoms with Crippen LogP contribution in [0.25, 0.3) is 0 Å². The number of aliphatic imine (C=N–C) groups is 1. The molecule has 0 aromatic carbocycles. The third kappa shape index (κ3) is 2.88. The van der Waals surface area contributed by atoms with Crippen LogP contribution < -0.4 is 11.1 Å². The fourth-order valence-electron chi connectivity index (χ4n) is 2.64. The Hall–Kier alpha value is -1.59. The van der Waals surface area contributed by atoms with E-state index in [1.54, 1.807) is 0 Å². The second-order valence-corrected chi connectivity index (χ2v) is 5.52. The quantitative estimate of drug-likeness (QED) is 0.622. The van der Waals surface area contributed by atoms with Gasteiger partial charge in [-0.2, -0.15) is 0 Å². The maximum Gasteiger partial charge on any atom is 0.189 e. The van der Waals surface area contributed by atoms with Crippen LogP contribution in [0.15, 0.2) is 4.99 Å². The Bertz CT molecular complexity index is 460. The molecule has 0 unspecified atom stereocenters. The van der Waals surface area contributed by atoms with Crippen LogP contribution in [0.1, 0.15) is 43.8 Å². The first-order valence-electron chi connectivity index (χ1n) is 7.27. The zero-order valence-electron chi connectivity index (χ0n) is 11.3. The molecule has 3 rings (SSSR count). The molecule has 1 fully saturated rings. The van der Waals surface area contributed by atoms with E-state index in [0.29, 0.717) is 12.5 Å². The summed E-state index contributed by atoms with van der Waals surface area (Å²) in [6.07, 6.45) is 7.45. The van der Waals surface area contributed by atoms with Crippen LogP contribution in [-0.4, -0.2) is 27.3 Å². The molecule has 1 aromatic rings. The Morgan fingerprint density at radius 2 is 2.21 bits per heavy atom. The van der Waals surface area contributed by atoms with Crippen molar-refractivity contribution < 1.29 is 0 Å². The van der Waals surface area contributed by atoms with Crippen LogP contribution in [-0.2, 0) is 19.5 Å². The summed E-state index contributed by atoms with van der Waals surface area (Å²) < 4.78 is 2.19. The standard InChI is InChI=1S/C13H22N6/c14-13(15-8-10-4-3-5-10)16-9-12-18-17-11-6-1-2-7-19(11)12/h10H,1-9H2,(H3,14,15,16). The van der Waals surface area contributed by atoms with Gasteiger partial charge in [0, 0.05) is 19.5 Å². The molecule has 0 spiro atoms.